The number of Topliss-reactive ketones (excluding diaryl/α,β-unsaturated/α-hetero) is 1. The summed E-state index contributed by atoms with van der Waals surface area (Å²) in [5.41, 5.74) is 9.25. The Balaban J connectivity index is 2.51. The first kappa shape index (κ1) is 15.9. The summed E-state index contributed by atoms with van der Waals surface area (Å²) in [7, 11) is 0. The highest BCUT2D eigenvalue weighted by Gasteiger charge is 2.11. The number of carbonyl (C=O) groups excluding carboxylic acids is 1. The molecule has 106 valence electrons. The first-order valence-electron chi connectivity index (χ1n) is 7.35. The molecule has 2 heteroatoms. The Morgan fingerprint density at radius 3 is 2.37 bits per heavy atom. The van der Waals surface area contributed by atoms with Crippen LogP contribution in [-0.2, 0) is 11.2 Å². The number of ketones is 1. The molecule has 1 unspecified atom stereocenters. The summed E-state index contributed by atoms with van der Waals surface area (Å²) in [4.78, 5) is 12.1. The molecule has 1 rings (SSSR count). The van der Waals surface area contributed by atoms with Gasteiger partial charge in [-0.1, -0.05) is 31.5 Å². The molecule has 0 aromatic heterocycles. The van der Waals surface area contributed by atoms with Gasteiger partial charge in [0.15, 0.2) is 0 Å². The monoisotopic (exact) mass is 261 g/mol. The minimum atomic E-state index is 0.355. The van der Waals surface area contributed by atoms with E-state index < -0.39 is 0 Å². The molecule has 0 amide bonds. The maximum atomic E-state index is 12.1. The molecule has 1 atom stereocenters. The fourth-order valence-electron chi connectivity index (χ4n) is 2.57. The lowest BCUT2D eigenvalue weighted by Crippen LogP contribution is -2.12. The maximum absolute atomic E-state index is 12.1. The molecule has 0 saturated carbocycles. The van der Waals surface area contributed by atoms with E-state index in [1.807, 2.05) is 6.07 Å². The Kier molecular flexibility index (Phi) is 6.79. The summed E-state index contributed by atoms with van der Waals surface area (Å²) in [6, 6.07) is 6.21. The fourth-order valence-corrected chi connectivity index (χ4v) is 2.57. The Labute approximate surface area is 117 Å². The van der Waals surface area contributed by atoms with Gasteiger partial charge in [0.25, 0.3) is 0 Å². The van der Waals surface area contributed by atoms with Gasteiger partial charge < -0.3 is 5.73 Å². The summed E-state index contributed by atoms with van der Waals surface area (Å²) in [6.07, 6.45) is 4.41. The third-order valence-electron chi connectivity index (χ3n) is 4.00. The van der Waals surface area contributed by atoms with Crippen LogP contribution in [0.4, 0.5) is 0 Å². The molecule has 0 fully saturated rings. The quantitative estimate of drug-likeness (QED) is 0.777. The van der Waals surface area contributed by atoms with Crippen molar-refractivity contribution in [3.63, 3.8) is 0 Å². The van der Waals surface area contributed by atoms with Crippen LogP contribution in [0.3, 0.4) is 0 Å². The summed E-state index contributed by atoms with van der Waals surface area (Å²) in [6.45, 7) is 7.07. The predicted molar refractivity (Wildman–Crippen MR) is 81.3 cm³/mol. The van der Waals surface area contributed by atoms with E-state index in [2.05, 4.69) is 32.9 Å². The van der Waals surface area contributed by atoms with Crippen molar-refractivity contribution >= 4 is 5.78 Å². The number of aryl methyl sites for hydroxylation is 2. The summed E-state index contributed by atoms with van der Waals surface area (Å²) < 4.78 is 0. The van der Waals surface area contributed by atoms with Crippen molar-refractivity contribution in [1.29, 1.82) is 0 Å². The molecule has 0 aliphatic heterocycles. The van der Waals surface area contributed by atoms with E-state index in [1.54, 1.807) is 0 Å². The lowest BCUT2D eigenvalue weighted by atomic mass is 9.92. The zero-order chi connectivity index (χ0) is 14.3. The Hall–Kier alpha value is -1.15. The molecule has 2 nitrogen and oxygen atoms in total. The minimum Gasteiger partial charge on any atom is -0.330 e. The third-order valence-corrected chi connectivity index (χ3v) is 4.00. The first-order chi connectivity index (χ1) is 9.08. The second kappa shape index (κ2) is 8.11. The second-order valence-electron chi connectivity index (χ2n) is 5.48. The lowest BCUT2D eigenvalue weighted by Gasteiger charge is -2.13. The van der Waals surface area contributed by atoms with Crippen molar-refractivity contribution in [2.75, 3.05) is 6.54 Å². The molecule has 0 spiro atoms. The predicted octanol–water partition coefficient (Wildman–Crippen LogP) is 3.57. The zero-order valence-corrected chi connectivity index (χ0v) is 12.5. The normalized spacial score (nSPS) is 12.4. The van der Waals surface area contributed by atoms with E-state index in [9.17, 15) is 4.79 Å². The lowest BCUT2D eigenvalue weighted by molar-refractivity contribution is -0.118. The molecule has 0 radical (unpaired) electrons. The number of hydrogen-bond acceptors (Lipinski definition) is 2. The average Bonchev–Trinajstić information content (AvgIpc) is 2.39. The Morgan fingerprint density at radius 1 is 1.21 bits per heavy atom. The van der Waals surface area contributed by atoms with Gasteiger partial charge in [0, 0.05) is 12.8 Å². The van der Waals surface area contributed by atoms with Gasteiger partial charge in [0.1, 0.15) is 5.78 Å². The molecule has 0 aliphatic carbocycles. The van der Waals surface area contributed by atoms with Crippen LogP contribution in [-0.4, -0.2) is 12.3 Å². The van der Waals surface area contributed by atoms with Gasteiger partial charge in [-0.05, 0) is 55.8 Å². The first-order valence-corrected chi connectivity index (χ1v) is 7.35. The number of rotatable bonds is 8. The van der Waals surface area contributed by atoms with E-state index in [-0.39, 0.29) is 0 Å². The topological polar surface area (TPSA) is 43.1 Å². The molecular formula is C17H27NO. The zero-order valence-electron chi connectivity index (χ0n) is 12.5. The molecule has 0 aliphatic rings. The van der Waals surface area contributed by atoms with Gasteiger partial charge in [-0.2, -0.15) is 0 Å². The van der Waals surface area contributed by atoms with Crippen molar-refractivity contribution < 1.29 is 4.79 Å². The van der Waals surface area contributed by atoms with Gasteiger partial charge in [0.05, 0.1) is 0 Å². The second-order valence-corrected chi connectivity index (χ2v) is 5.48. The fraction of sp³-hybridized carbons (Fsp3) is 0.588. The molecule has 0 bridgehead atoms. The number of carbonyl (C=O) groups is 1. The highest BCUT2D eigenvalue weighted by Crippen LogP contribution is 2.18. The van der Waals surface area contributed by atoms with Crippen molar-refractivity contribution in [2.24, 2.45) is 11.7 Å². The van der Waals surface area contributed by atoms with Crippen LogP contribution in [0.25, 0.3) is 0 Å². The highest BCUT2D eigenvalue weighted by atomic mass is 16.1. The maximum Gasteiger partial charge on any atom is 0.137 e. The molecule has 0 saturated heterocycles. The van der Waals surface area contributed by atoms with Crippen molar-refractivity contribution in [3.8, 4) is 0 Å². The smallest absolute Gasteiger partial charge is 0.137 e. The van der Waals surface area contributed by atoms with Crippen molar-refractivity contribution in [3.05, 3.63) is 34.9 Å². The van der Waals surface area contributed by atoms with Gasteiger partial charge in [-0.3, -0.25) is 4.79 Å². The van der Waals surface area contributed by atoms with Crippen LogP contribution in [0.2, 0.25) is 0 Å². The van der Waals surface area contributed by atoms with Gasteiger partial charge in [-0.15, -0.1) is 0 Å². The van der Waals surface area contributed by atoms with Crippen LogP contribution < -0.4 is 5.73 Å². The average molecular weight is 261 g/mol. The minimum absolute atomic E-state index is 0.355. The van der Waals surface area contributed by atoms with Crippen LogP contribution in [0.15, 0.2) is 18.2 Å². The van der Waals surface area contributed by atoms with E-state index in [0.29, 0.717) is 24.5 Å². The van der Waals surface area contributed by atoms with Crippen LogP contribution in [0.1, 0.15) is 49.3 Å². The van der Waals surface area contributed by atoms with Crippen LogP contribution >= 0.6 is 0 Å². The SMILES string of the molecule is CCC(CCN)CCC(=O)Cc1c(C)cccc1C. The van der Waals surface area contributed by atoms with Crippen LogP contribution in [0.5, 0.6) is 0 Å². The summed E-state index contributed by atoms with van der Waals surface area (Å²) in [5.74, 6) is 0.958. The molecule has 19 heavy (non-hydrogen) atoms. The standard InChI is InChI=1S/C17H27NO/c1-4-15(10-11-18)8-9-16(19)12-17-13(2)6-5-7-14(17)3/h5-7,15H,4,8-12,18H2,1-3H3. The number of nitrogens with two attached hydrogens (primary N) is 1. The number of hydrogen-bond donors (Lipinski definition) is 1. The molecular weight excluding hydrogens is 234 g/mol. The van der Waals surface area contributed by atoms with Gasteiger partial charge in [-0.25, -0.2) is 0 Å². The summed E-state index contributed by atoms with van der Waals surface area (Å²) >= 11 is 0. The molecule has 0 heterocycles. The third kappa shape index (κ3) is 5.15. The van der Waals surface area contributed by atoms with E-state index in [0.717, 1.165) is 25.8 Å². The van der Waals surface area contributed by atoms with Crippen molar-refractivity contribution in [1.82, 2.24) is 0 Å². The molecule has 2 N–H and O–H groups in total. The van der Waals surface area contributed by atoms with E-state index in [1.165, 1.54) is 16.7 Å². The molecule has 1 aromatic carbocycles. The Bertz CT molecular complexity index is 391. The summed E-state index contributed by atoms with van der Waals surface area (Å²) in [5, 5.41) is 0. The highest BCUT2D eigenvalue weighted by molar-refractivity contribution is 5.81. The van der Waals surface area contributed by atoms with Gasteiger partial charge in [0.2, 0.25) is 0 Å². The van der Waals surface area contributed by atoms with E-state index in [4.69, 9.17) is 5.73 Å². The largest absolute Gasteiger partial charge is 0.330 e. The van der Waals surface area contributed by atoms with Crippen molar-refractivity contribution in [2.45, 2.75) is 52.9 Å². The van der Waals surface area contributed by atoms with Crippen LogP contribution in [0, 0.1) is 19.8 Å². The Morgan fingerprint density at radius 2 is 1.84 bits per heavy atom. The number of benzene rings is 1. The molecule has 1 aromatic rings. The van der Waals surface area contributed by atoms with E-state index >= 15 is 0 Å². The van der Waals surface area contributed by atoms with Gasteiger partial charge >= 0.3 is 0 Å².